The van der Waals surface area contributed by atoms with Crippen LogP contribution in [0.1, 0.15) is 48.7 Å². The van der Waals surface area contributed by atoms with E-state index < -0.39 is 5.54 Å². The monoisotopic (exact) mass is 251 g/mol. The van der Waals surface area contributed by atoms with Gasteiger partial charge >= 0.3 is 0 Å². The zero-order valence-corrected chi connectivity index (χ0v) is 11.0. The van der Waals surface area contributed by atoms with Crippen molar-refractivity contribution in [3.05, 3.63) is 23.7 Å². The first-order valence-corrected chi connectivity index (χ1v) is 6.54. The first-order valence-electron chi connectivity index (χ1n) is 6.54. The predicted molar refractivity (Wildman–Crippen MR) is 68.4 cm³/mol. The minimum atomic E-state index is -0.451. The Kier molecular flexibility index (Phi) is 3.76. The lowest BCUT2D eigenvalue weighted by molar-refractivity contribution is 0.0716. The second-order valence-electron chi connectivity index (χ2n) is 5.47. The van der Waals surface area contributed by atoms with Crippen LogP contribution in [0.3, 0.4) is 0 Å². The molecule has 100 valence electrons. The molecule has 4 nitrogen and oxygen atoms in total. The molecule has 1 aromatic rings. The van der Waals surface area contributed by atoms with Crippen LogP contribution in [0.25, 0.3) is 0 Å². The Morgan fingerprint density at radius 1 is 1.56 bits per heavy atom. The van der Waals surface area contributed by atoms with Crippen molar-refractivity contribution in [2.45, 2.75) is 45.1 Å². The molecular formula is C14H21NO3. The molecule has 1 aromatic heterocycles. The molecular weight excluding hydrogens is 230 g/mol. The Labute approximate surface area is 107 Å². The third-order valence-corrected chi connectivity index (χ3v) is 4.02. The molecule has 2 N–H and O–H groups in total. The molecule has 1 aliphatic carbocycles. The van der Waals surface area contributed by atoms with Gasteiger partial charge in [-0.15, -0.1) is 0 Å². The normalized spacial score (nSPS) is 28.1. The summed E-state index contributed by atoms with van der Waals surface area (Å²) in [7, 11) is 0. The van der Waals surface area contributed by atoms with Crippen molar-refractivity contribution < 1.29 is 14.3 Å². The summed E-state index contributed by atoms with van der Waals surface area (Å²) in [5.41, 5.74) is 0.106. The second-order valence-corrected chi connectivity index (χ2v) is 5.47. The zero-order chi connectivity index (χ0) is 13.2. The number of carbonyl (C=O) groups excluding carboxylic acids is 1. The Balaban J connectivity index is 2.07. The highest BCUT2D eigenvalue weighted by atomic mass is 16.3. The average molecular weight is 251 g/mol. The number of furan rings is 1. The molecule has 0 spiro atoms. The number of carbonyl (C=O) groups is 1. The summed E-state index contributed by atoms with van der Waals surface area (Å²) in [6, 6.07) is 1.67. The van der Waals surface area contributed by atoms with Crippen molar-refractivity contribution in [1.29, 1.82) is 0 Å². The van der Waals surface area contributed by atoms with Gasteiger partial charge in [0.25, 0.3) is 5.91 Å². The summed E-state index contributed by atoms with van der Waals surface area (Å²) in [6.45, 7) is 3.98. The molecule has 1 saturated carbocycles. The van der Waals surface area contributed by atoms with Crippen LogP contribution in [0, 0.1) is 12.8 Å². The number of aliphatic hydroxyl groups is 1. The molecule has 4 heteroatoms. The number of amides is 1. The number of hydrogen-bond donors (Lipinski definition) is 2. The van der Waals surface area contributed by atoms with E-state index in [0.717, 1.165) is 25.7 Å². The minimum absolute atomic E-state index is 0.00234. The standard InChI is InChI=1S/C14H21NO3/c1-10-3-6-14(9-16,7-4-10)15-13(17)12-5-8-18-11(12)2/h5,8,10,16H,3-4,6-7,9H2,1-2H3,(H,15,17). The van der Waals surface area contributed by atoms with E-state index in [-0.39, 0.29) is 12.5 Å². The van der Waals surface area contributed by atoms with Gasteiger partial charge in [-0.2, -0.15) is 0 Å². The Morgan fingerprint density at radius 2 is 2.22 bits per heavy atom. The van der Waals surface area contributed by atoms with Gasteiger partial charge in [0.05, 0.1) is 24.0 Å². The quantitative estimate of drug-likeness (QED) is 0.866. The van der Waals surface area contributed by atoms with E-state index in [1.165, 1.54) is 6.26 Å². The Hall–Kier alpha value is -1.29. The van der Waals surface area contributed by atoms with Crippen molar-refractivity contribution >= 4 is 5.91 Å². The molecule has 0 saturated heterocycles. The molecule has 18 heavy (non-hydrogen) atoms. The van der Waals surface area contributed by atoms with E-state index in [1.54, 1.807) is 13.0 Å². The van der Waals surface area contributed by atoms with E-state index in [2.05, 4.69) is 12.2 Å². The van der Waals surface area contributed by atoms with Gasteiger partial charge in [-0.05, 0) is 44.6 Å². The van der Waals surface area contributed by atoms with E-state index in [4.69, 9.17) is 4.42 Å². The van der Waals surface area contributed by atoms with Gasteiger partial charge < -0.3 is 14.8 Å². The maximum absolute atomic E-state index is 12.2. The van der Waals surface area contributed by atoms with Crippen LogP contribution < -0.4 is 5.32 Å². The van der Waals surface area contributed by atoms with Crippen LogP contribution in [0.15, 0.2) is 16.7 Å². The highest BCUT2D eigenvalue weighted by Crippen LogP contribution is 2.32. The molecule has 1 heterocycles. The molecule has 0 bridgehead atoms. The molecule has 0 aliphatic heterocycles. The average Bonchev–Trinajstić information content (AvgIpc) is 2.79. The van der Waals surface area contributed by atoms with Crippen LogP contribution in [0.5, 0.6) is 0 Å². The van der Waals surface area contributed by atoms with Gasteiger partial charge in [0, 0.05) is 0 Å². The van der Waals surface area contributed by atoms with Crippen LogP contribution in [-0.4, -0.2) is 23.2 Å². The number of hydrogen-bond acceptors (Lipinski definition) is 3. The lowest BCUT2D eigenvalue weighted by atomic mass is 9.77. The van der Waals surface area contributed by atoms with Gasteiger partial charge in [0.1, 0.15) is 5.76 Å². The predicted octanol–water partition coefficient (Wildman–Crippen LogP) is 2.26. The second kappa shape index (κ2) is 5.14. The lowest BCUT2D eigenvalue weighted by Crippen LogP contribution is -2.53. The van der Waals surface area contributed by atoms with Gasteiger partial charge in [0.2, 0.25) is 0 Å². The number of nitrogens with one attached hydrogen (secondary N) is 1. The number of aliphatic hydroxyl groups excluding tert-OH is 1. The lowest BCUT2D eigenvalue weighted by Gasteiger charge is -2.38. The van der Waals surface area contributed by atoms with Gasteiger partial charge in [0.15, 0.2) is 0 Å². The third-order valence-electron chi connectivity index (χ3n) is 4.02. The fourth-order valence-electron chi connectivity index (χ4n) is 2.57. The van der Waals surface area contributed by atoms with Gasteiger partial charge in [-0.1, -0.05) is 6.92 Å². The van der Waals surface area contributed by atoms with E-state index >= 15 is 0 Å². The highest BCUT2D eigenvalue weighted by Gasteiger charge is 2.35. The summed E-state index contributed by atoms with van der Waals surface area (Å²) in [6.07, 6.45) is 5.29. The maximum atomic E-state index is 12.2. The van der Waals surface area contributed by atoms with Crippen molar-refractivity contribution in [2.75, 3.05) is 6.61 Å². The SMILES string of the molecule is Cc1occc1C(=O)NC1(CO)CCC(C)CC1. The van der Waals surface area contributed by atoms with Crippen LogP contribution in [0.4, 0.5) is 0 Å². The molecule has 1 amide bonds. The van der Waals surface area contributed by atoms with Crippen molar-refractivity contribution in [3.63, 3.8) is 0 Å². The Morgan fingerprint density at radius 3 is 2.72 bits per heavy atom. The Bertz CT molecular complexity index is 416. The zero-order valence-electron chi connectivity index (χ0n) is 11.0. The highest BCUT2D eigenvalue weighted by molar-refractivity contribution is 5.95. The maximum Gasteiger partial charge on any atom is 0.255 e. The van der Waals surface area contributed by atoms with Crippen molar-refractivity contribution in [2.24, 2.45) is 5.92 Å². The summed E-state index contributed by atoms with van der Waals surface area (Å²) < 4.78 is 5.14. The van der Waals surface area contributed by atoms with Crippen molar-refractivity contribution in [1.82, 2.24) is 5.32 Å². The first kappa shape index (κ1) is 13.1. The molecule has 0 radical (unpaired) electrons. The van der Waals surface area contributed by atoms with Crippen LogP contribution >= 0.6 is 0 Å². The van der Waals surface area contributed by atoms with Gasteiger partial charge in [-0.25, -0.2) is 0 Å². The third kappa shape index (κ3) is 2.58. The fraction of sp³-hybridized carbons (Fsp3) is 0.643. The first-order chi connectivity index (χ1) is 8.56. The molecule has 0 unspecified atom stereocenters. The molecule has 1 fully saturated rings. The summed E-state index contributed by atoms with van der Waals surface area (Å²) >= 11 is 0. The topological polar surface area (TPSA) is 62.5 Å². The summed E-state index contributed by atoms with van der Waals surface area (Å²) in [5.74, 6) is 1.15. The van der Waals surface area contributed by atoms with E-state index in [0.29, 0.717) is 17.2 Å². The molecule has 0 aromatic carbocycles. The van der Waals surface area contributed by atoms with E-state index in [1.807, 2.05) is 0 Å². The summed E-state index contributed by atoms with van der Waals surface area (Å²) in [5, 5.41) is 12.6. The minimum Gasteiger partial charge on any atom is -0.469 e. The van der Waals surface area contributed by atoms with Gasteiger partial charge in [-0.3, -0.25) is 4.79 Å². The molecule has 1 aliphatic rings. The van der Waals surface area contributed by atoms with Crippen LogP contribution in [0.2, 0.25) is 0 Å². The molecule has 2 rings (SSSR count). The number of rotatable bonds is 3. The van der Waals surface area contributed by atoms with E-state index in [9.17, 15) is 9.90 Å². The summed E-state index contributed by atoms with van der Waals surface area (Å²) in [4.78, 5) is 12.2. The fourth-order valence-corrected chi connectivity index (χ4v) is 2.57. The smallest absolute Gasteiger partial charge is 0.255 e. The largest absolute Gasteiger partial charge is 0.469 e. The van der Waals surface area contributed by atoms with Crippen LogP contribution in [-0.2, 0) is 0 Å². The number of aryl methyl sites for hydroxylation is 1. The molecule has 0 atom stereocenters. The van der Waals surface area contributed by atoms with Crippen molar-refractivity contribution in [3.8, 4) is 0 Å².